The maximum atomic E-state index is 11.1. The summed E-state index contributed by atoms with van der Waals surface area (Å²) in [6.45, 7) is 5.04. The second-order valence-corrected chi connectivity index (χ2v) is 7.11. The second kappa shape index (κ2) is 8.28. The number of aryl methyl sites for hydroxylation is 2. The van der Waals surface area contributed by atoms with Crippen LogP contribution in [0.15, 0.2) is 10.4 Å². The van der Waals surface area contributed by atoms with E-state index in [1.165, 1.54) is 30.2 Å². The highest BCUT2D eigenvalue weighted by Gasteiger charge is 2.14. The number of thioether (sulfide) groups is 1. The number of rotatable bonds is 8. The number of hydrogen-bond donors (Lipinski definition) is 0. The van der Waals surface area contributed by atoms with E-state index in [9.17, 15) is 4.79 Å². The van der Waals surface area contributed by atoms with Gasteiger partial charge >= 0.3 is 5.97 Å². The molecule has 0 radical (unpaired) electrons. The SMILES string of the molecule is CCCCn1nc(C)cc1-c1nnc(SCCC(=O)OC)s1. The molecule has 0 aliphatic rings. The first kappa shape index (κ1) is 17.0. The van der Waals surface area contributed by atoms with Gasteiger partial charge in [0.1, 0.15) is 0 Å². The van der Waals surface area contributed by atoms with Gasteiger partial charge in [0.25, 0.3) is 0 Å². The van der Waals surface area contributed by atoms with Crippen molar-refractivity contribution in [1.82, 2.24) is 20.0 Å². The lowest BCUT2D eigenvalue weighted by atomic mass is 10.3. The van der Waals surface area contributed by atoms with Crippen LogP contribution < -0.4 is 0 Å². The van der Waals surface area contributed by atoms with E-state index in [0.717, 1.165) is 40.1 Å². The van der Waals surface area contributed by atoms with Gasteiger partial charge in [-0.25, -0.2) is 0 Å². The van der Waals surface area contributed by atoms with Gasteiger partial charge in [0.15, 0.2) is 9.35 Å². The number of aromatic nitrogens is 4. The molecule has 0 aromatic carbocycles. The van der Waals surface area contributed by atoms with Crippen LogP contribution in [0.3, 0.4) is 0 Å². The number of hydrogen-bond acceptors (Lipinski definition) is 7. The molecule has 0 spiro atoms. The van der Waals surface area contributed by atoms with E-state index < -0.39 is 0 Å². The Morgan fingerprint density at radius 2 is 2.27 bits per heavy atom. The minimum Gasteiger partial charge on any atom is -0.469 e. The van der Waals surface area contributed by atoms with E-state index in [0.29, 0.717) is 12.2 Å². The lowest BCUT2D eigenvalue weighted by Crippen LogP contribution is -2.02. The average Bonchev–Trinajstić information content (AvgIpc) is 3.11. The highest BCUT2D eigenvalue weighted by Crippen LogP contribution is 2.30. The highest BCUT2D eigenvalue weighted by molar-refractivity contribution is 8.01. The topological polar surface area (TPSA) is 69.9 Å². The molecule has 2 rings (SSSR count). The van der Waals surface area contributed by atoms with Gasteiger partial charge in [0.2, 0.25) is 0 Å². The predicted octanol–water partition coefficient (Wildman–Crippen LogP) is 3.17. The lowest BCUT2D eigenvalue weighted by molar-refractivity contribution is -0.140. The molecule has 0 aliphatic carbocycles. The van der Waals surface area contributed by atoms with Gasteiger partial charge in [-0.3, -0.25) is 9.48 Å². The first-order chi connectivity index (χ1) is 10.6. The maximum absolute atomic E-state index is 11.1. The molecule has 2 aromatic heterocycles. The Morgan fingerprint density at radius 3 is 3.00 bits per heavy atom. The molecule has 8 heteroatoms. The highest BCUT2D eigenvalue weighted by atomic mass is 32.2. The Bertz CT molecular complexity index is 624. The minimum absolute atomic E-state index is 0.203. The largest absolute Gasteiger partial charge is 0.469 e. The van der Waals surface area contributed by atoms with Crippen LogP contribution in [0.4, 0.5) is 0 Å². The molecule has 0 amide bonds. The molecule has 2 heterocycles. The van der Waals surface area contributed by atoms with Gasteiger partial charge in [0, 0.05) is 12.3 Å². The van der Waals surface area contributed by atoms with Crippen molar-refractivity contribution in [3.63, 3.8) is 0 Å². The van der Waals surface area contributed by atoms with Crippen LogP contribution in [-0.2, 0) is 16.1 Å². The van der Waals surface area contributed by atoms with Gasteiger partial charge in [-0.05, 0) is 19.4 Å². The van der Waals surface area contributed by atoms with Crippen molar-refractivity contribution < 1.29 is 9.53 Å². The molecule has 120 valence electrons. The van der Waals surface area contributed by atoms with E-state index in [2.05, 4.69) is 27.0 Å². The predicted molar refractivity (Wildman–Crippen MR) is 88.1 cm³/mol. The van der Waals surface area contributed by atoms with Crippen molar-refractivity contribution >= 4 is 29.1 Å². The van der Waals surface area contributed by atoms with Gasteiger partial charge in [-0.1, -0.05) is 36.4 Å². The molecular weight excluding hydrogens is 320 g/mol. The maximum Gasteiger partial charge on any atom is 0.306 e. The molecule has 6 nitrogen and oxygen atoms in total. The summed E-state index contributed by atoms with van der Waals surface area (Å²) in [4.78, 5) is 11.1. The summed E-state index contributed by atoms with van der Waals surface area (Å²) in [7, 11) is 1.40. The summed E-state index contributed by atoms with van der Waals surface area (Å²) in [5.41, 5.74) is 2.00. The van der Waals surface area contributed by atoms with Gasteiger partial charge < -0.3 is 4.74 Å². The number of nitrogens with zero attached hydrogens (tertiary/aromatic N) is 4. The second-order valence-electron chi connectivity index (χ2n) is 4.80. The van der Waals surface area contributed by atoms with Crippen LogP contribution in [-0.4, -0.2) is 38.8 Å². The van der Waals surface area contributed by atoms with Gasteiger partial charge in [-0.2, -0.15) is 5.10 Å². The number of carbonyl (C=O) groups is 1. The molecule has 0 aliphatic heterocycles. The Balaban J connectivity index is 2.03. The minimum atomic E-state index is -0.203. The van der Waals surface area contributed by atoms with Crippen molar-refractivity contribution in [1.29, 1.82) is 0 Å². The Hall–Kier alpha value is -1.41. The zero-order chi connectivity index (χ0) is 15.9. The van der Waals surface area contributed by atoms with Crippen molar-refractivity contribution in [2.24, 2.45) is 0 Å². The first-order valence-corrected chi connectivity index (χ1v) is 9.02. The molecule has 0 N–H and O–H groups in total. The summed E-state index contributed by atoms with van der Waals surface area (Å²) in [5, 5.41) is 13.8. The number of ether oxygens (including phenoxy) is 1. The van der Waals surface area contributed by atoms with E-state index in [1.54, 1.807) is 0 Å². The summed E-state index contributed by atoms with van der Waals surface area (Å²) >= 11 is 3.06. The molecule has 0 unspecified atom stereocenters. The molecule has 0 atom stereocenters. The van der Waals surface area contributed by atoms with Crippen LogP contribution in [0.5, 0.6) is 0 Å². The molecule has 22 heavy (non-hydrogen) atoms. The van der Waals surface area contributed by atoms with Crippen LogP contribution in [0.2, 0.25) is 0 Å². The van der Waals surface area contributed by atoms with Crippen molar-refractivity contribution in [2.75, 3.05) is 12.9 Å². The summed E-state index contributed by atoms with van der Waals surface area (Å²) in [5.74, 6) is 0.445. The molecule has 0 saturated heterocycles. The third-order valence-corrected chi connectivity index (χ3v) is 5.09. The zero-order valence-corrected chi connectivity index (χ0v) is 14.7. The summed E-state index contributed by atoms with van der Waals surface area (Å²) in [6, 6.07) is 2.04. The van der Waals surface area contributed by atoms with E-state index in [-0.39, 0.29) is 5.97 Å². The molecule has 0 saturated carbocycles. The van der Waals surface area contributed by atoms with E-state index >= 15 is 0 Å². The number of carbonyl (C=O) groups excluding carboxylic acids is 1. The number of methoxy groups -OCH3 is 1. The Labute approximate surface area is 138 Å². The van der Waals surface area contributed by atoms with Crippen molar-refractivity contribution in [2.45, 2.75) is 44.0 Å². The fraction of sp³-hybridized carbons (Fsp3) is 0.571. The van der Waals surface area contributed by atoms with Crippen molar-refractivity contribution in [3.8, 4) is 10.7 Å². The molecule has 0 bridgehead atoms. The summed E-state index contributed by atoms with van der Waals surface area (Å²) < 4.78 is 7.49. The lowest BCUT2D eigenvalue weighted by Gasteiger charge is -2.03. The third-order valence-electron chi connectivity index (χ3n) is 3.01. The van der Waals surface area contributed by atoms with Crippen LogP contribution in [0.25, 0.3) is 10.7 Å². The van der Waals surface area contributed by atoms with E-state index in [4.69, 9.17) is 0 Å². The number of esters is 1. The monoisotopic (exact) mass is 340 g/mol. The number of unbranched alkanes of at least 4 members (excludes halogenated alkanes) is 1. The first-order valence-electron chi connectivity index (χ1n) is 7.22. The van der Waals surface area contributed by atoms with Gasteiger partial charge in [-0.15, -0.1) is 10.2 Å². The molecule has 2 aromatic rings. The standard InChI is InChI=1S/C14H20N4O2S2/c1-4-5-7-18-11(9-10(2)17-18)13-15-16-14(22-13)21-8-6-12(19)20-3/h9H,4-8H2,1-3H3. The van der Waals surface area contributed by atoms with Crippen molar-refractivity contribution in [3.05, 3.63) is 11.8 Å². The molecular formula is C14H20N4O2S2. The fourth-order valence-electron chi connectivity index (χ4n) is 1.89. The smallest absolute Gasteiger partial charge is 0.306 e. The van der Waals surface area contributed by atoms with Crippen LogP contribution in [0, 0.1) is 6.92 Å². The van der Waals surface area contributed by atoms with E-state index in [1.807, 2.05) is 17.7 Å². The van der Waals surface area contributed by atoms with Gasteiger partial charge in [0.05, 0.1) is 24.9 Å². The fourth-order valence-corrected chi connectivity index (χ4v) is 3.75. The molecule has 0 fully saturated rings. The van der Waals surface area contributed by atoms with Crippen LogP contribution >= 0.6 is 23.1 Å². The quantitative estimate of drug-likeness (QED) is 0.543. The Morgan fingerprint density at radius 1 is 1.45 bits per heavy atom. The average molecular weight is 340 g/mol. The summed E-state index contributed by atoms with van der Waals surface area (Å²) in [6.07, 6.45) is 2.60. The third kappa shape index (κ3) is 4.54. The van der Waals surface area contributed by atoms with Crippen LogP contribution in [0.1, 0.15) is 31.9 Å². The normalized spacial score (nSPS) is 10.9. The zero-order valence-electron chi connectivity index (χ0n) is 13.0. The Kier molecular flexibility index (Phi) is 6.38.